The maximum atomic E-state index is 12.5. The lowest BCUT2D eigenvalue weighted by molar-refractivity contribution is -0.151. The predicted molar refractivity (Wildman–Crippen MR) is 198 cm³/mol. The Kier molecular flexibility index (Phi) is 30.0. The first-order valence-electron chi connectivity index (χ1n) is 20.8. The average molecular weight is 666 g/mol. The van der Waals surface area contributed by atoms with Crippen LogP contribution in [-0.2, 0) is 19.1 Å². The summed E-state index contributed by atoms with van der Waals surface area (Å²) < 4.78 is 11.7. The summed E-state index contributed by atoms with van der Waals surface area (Å²) in [5.74, 6) is 0.633. The highest BCUT2D eigenvalue weighted by Gasteiger charge is 2.33. The van der Waals surface area contributed by atoms with Gasteiger partial charge in [0.15, 0.2) is 0 Å². The third-order valence-electron chi connectivity index (χ3n) is 10.0. The number of ether oxygens (including phenoxy) is 2. The van der Waals surface area contributed by atoms with Gasteiger partial charge in [0.2, 0.25) is 0 Å². The molecule has 2 atom stereocenters. The summed E-state index contributed by atoms with van der Waals surface area (Å²) in [6.07, 6.45) is 33.2. The van der Waals surface area contributed by atoms with E-state index in [2.05, 4.69) is 25.7 Å². The van der Waals surface area contributed by atoms with Crippen LogP contribution in [-0.4, -0.2) is 60.4 Å². The Balaban J connectivity index is 2.02. The molecule has 0 aromatic heterocycles. The lowest BCUT2D eigenvalue weighted by Crippen LogP contribution is -2.29. The highest BCUT2D eigenvalue weighted by molar-refractivity contribution is 5.69. The molecule has 1 rings (SSSR count). The quantitative estimate of drug-likeness (QED) is 0.0530. The van der Waals surface area contributed by atoms with Gasteiger partial charge in [-0.1, -0.05) is 124 Å². The minimum atomic E-state index is -0.0158. The van der Waals surface area contributed by atoms with Crippen LogP contribution in [0.2, 0.25) is 0 Å². The van der Waals surface area contributed by atoms with E-state index in [9.17, 15) is 14.7 Å². The fourth-order valence-electron chi connectivity index (χ4n) is 6.70. The van der Waals surface area contributed by atoms with E-state index >= 15 is 0 Å². The van der Waals surface area contributed by atoms with Crippen molar-refractivity contribution in [3.05, 3.63) is 0 Å². The van der Waals surface area contributed by atoms with E-state index in [1.807, 2.05) is 0 Å². The van der Waals surface area contributed by atoms with E-state index in [1.165, 1.54) is 103 Å². The molecule has 0 heterocycles. The second-order valence-electron chi connectivity index (χ2n) is 14.6. The van der Waals surface area contributed by atoms with Gasteiger partial charge in [-0.25, -0.2) is 0 Å². The van der Waals surface area contributed by atoms with Gasteiger partial charge in [0, 0.05) is 19.4 Å². The first-order valence-corrected chi connectivity index (χ1v) is 20.8. The number of hydrogen-bond donors (Lipinski definition) is 1. The molecule has 0 radical (unpaired) electrons. The molecule has 0 aromatic rings. The minimum Gasteiger partial charge on any atom is -0.462 e. The van der Waals surface area contributed by atoms with Crippen LogP contribution in [0.15, 0.2) is 0 Å². The van der Waals surface area contributed by atoms with Crippen LogP contribution in [0.1, 0.15) is 207 Å². The van der Waals surface area contributed by atoms with Crippen LogP contribution in [0.25, 0.3) is 0 Å². The third kappa shape index (κ3) is 27.4. The molecule has 6 nitrogen and oxygen atoms in total. The van der Waals surface area contributed by atoms with Crippen LogP contribution < -0.4 is 0 Å². The van der Waals surface area contributed by atoms with E-state index < -0.39 is 0 Å². The van der Waals surface area contributed by atoms with Gasteiger partial charge >= 0.3 is 11.9 Å². The Bertz CT molecular complexity index is 712. The molecule has 0 amide bonds. The second kappa shape index (κ2) is 32.1. The van der Waals surface area contributed by atoms with Crippen molar-refractivity contribution >= 4 is 11.9 Å². The molecule has 1 saturated carbocycles. The highest BCUT2D eigenvalue weighted by Crippen LogP contribution is 2.37. The number of aliphatic hydroxyl groups excluding tert-OH is 1. The van der Waals surface area contributed by atoms with E-state index in [0.29, 0.717) is 18.8 Å². The van der Waals surface area contributed by atoms with Crippen molar-refractivity contribution in [1.82, 2.24) is 4.90 Å². The van der Waals surface area contributed by atoms with Gasteiger partial charge in [-0.05, 0) is 89.6 Å². The standard InChI is InChI=1S/C41H79NO5/c1-4-7-9-11-15-21-27-38(6-3)46-40(44)29-23-17-13-19-25-33-42(35-36-43)34-26-20-14-18-24-30-41(45)47-39(37-31-32-37)28-22-16-12-10-8-5-2/h37-39,43H,4-36H2,1-3H3. The zero-order valence-electron chi connectivity index (χ0n) is 31.6. The van der Waals surface area contributed by atoms with Crippen molar-refractivity contribution in [3.63, 3.8) is 0 Å². The molecular formula is C41H79NO5. The summed E-state index contributed by atoms with van der Waals surface area (Å²) in [5.41, 5.74) is 0. The lowest BCUT2D eigenvalue weighted by Gasteiger charge is -2.21. The molecule has 1 N–H and O–H groups in total. The molecule has 1 fully saturated rings. The summed E-state index contributed by atoms with van der Waals surface area (Å²) in [5, 5.41) is 9.52. The van der Waals surface area contributed by atoms with E-state index in [0.717, 1.165) is 90.3 Å². The smallest absolute Gasteiger partial charge is 0.306 e. The maximum Gasteiger partial charge on any atom is 0.306 e. The van der Waals surface area contributed by atoms with Crippen molar-refractivity contribution in [2.45, 2.75) is 219 Å². The first-order chi connectivity index (χ1) is 23.0. The molecule has 6 heteroatoms. The molecular weight excluding hydrogens is 586 g/mol. The zero-order chi connectivity index (χ0) is 34.2. The van der Waals surface area contributed by atoms with Gasteiger partial charge in [-0.15, -0.1) is 0 Å². The average Bonchev–Trinajstić information content (AvgIpc) is 3.91. The Hall–Kier alpha value is -1.14. The van der Waals surface area contributed by atoms with Gasteiger partial charge < -0.3 is 19.5 Å². The number of aliphatic hydroxyl groups is 1. The molecule has 0 bridgehead atoms. The molecule has 1 aliphatic rings. The van der Waals surface area contributed by atoms with Crippen LogP contribution in [0.5, 0.6) is 0 Å². The fourth-order valence-corrected chi connectivity index (χ4v) is 6.70. The van der Waals surface area contributed by atoms with E-state index in [-0.39, 0.29) is 30.8 Å². The van der Waals surface area contributed by atoms with Crippen molar-refractivity contribution in [2.24, 2.45) is 5.92 Å². The second-order valence-corrected chi connectivity index (χ2v) is 14.6. The number of carbonyl (C=O) groups is 2. The summed E-state index contributed by atoms with van der Waals surface area (Å²) in [6.45, 7) is 9.65. The minimum absolute atomic E-state index is 0.0158. The number of hydrogen-bond acceptors (Lipinski definition) is 6. The van der Waals surface area contributed by atoms with Crippen molar-refractivity contribution < 1.29 is 24.2 Å². The Morgan fingerprint density at radius 2 is 1.02 bits per heavy atom. The number of esters is 2. The van der Waals surface area contributed by atoms with Crippen LogP contribution in [0, 0.1) is 5.92 Å². The van der Waals surface area contributed by atoms with Gasteiger partial charge in [0.05, 0.1) is 6.61 Å². The summed E-state index contributed by atoms with van der Waals surface area (Å²) >= 11 is 0. The first kappa shape index (κ1) is 43.9. The number of unbranched alkanes of at least 4 members (excludes halogenated alkanes) is 18. The van der Waals surface area contributed by atoms with Crippen molar-refractivity contribution in [1.29, 1.82) is 0 Å². The summed E-state index contributed by atoms with van der Waals surface area (Å²) in [6, 6.07) is 0. The number of carbonyl (C=O) groups excluding carboxylic acids is 2. The van der Waals surface area contributed by atoms with Crippen LogP contribution >= 0.6 is 0 Å². The molecule has 0 aliphatic heterocycles. The van der Waals surface area contributed by atoms with Crippen LogP contribution in [0.4, 0.5) is 0 Å². The van der Waals surface area contributed by atoms with Crippen molar-refractivity contribution in [3.8, 4) is 0 Å². The molecule has 278 valence electrons. The van der Waals surface area contributed by atoms with Gasteiger partial charge in [-0.3, -0.25) is 9.59 Å². The van der Waals surface area contributed by atoms with Gasteiger partial charge in [0.1, 0.15) is 12.2 Å². The monoisotopic (exact) mass is 666 g/mol. The summed E-state index contributed by atoms with van der Waals surface area (Å²) in [7, 11) is 0. The zero-order valence-corrected chi connectivity index (χ0v) is 31.6. The normalized spacial score (nSPS) is 14.4. The molecule has 0 aromatic carbocycles. The molecule has 0 saturated heterocycles. The number of rotatable bonds is 36. The topological polar surface area (TPSA) is 76.1 Å². The predicted octanol–water partition coefficient (Wildman–Crippen LogP) is 11.1. The number of nitrogens with zero attached hydrogens (tertiary/aromatic N) is 1. The SMILES string of the molecule is CCCCCCCCC(CC)OC(=O)CCCCCCCN(CCO)CCCCCCCC(=O)OC(CCCCCCCC)C1CC1. The largest absolute Gasteiger partial charge is 0.462 e. The lowest BCUT2D eigenvalue weighted by atomic mass is 10.0. The van der Waals surface area contributed by atoms with Gasteiger partial charge in [0.25, 0.3) is 0 Å². The molecule has 2 unspecified atom stereocenters. The highest BCUT2D eigenvalue weighted by atomic mass is 16.5. The molecule has 1 aliphatic carbocycles. The Morgan fingerprint density at radius 1 is 0.574 bits per heavy atom. The Morgan fingerprint density at radius 3 is 1.51 bits per heavy atom. The van der Waals surface area contributed by atoms with E-state index in [4.69, 9.17) is 9.47 Å². The Labute approximate surface area is 291 Å². The fraction of sp³-hybridized carbons (Fsp3) is 0.951. The maximum absolute atomic E-state index is 12.5. The molecule has 47 heavy (non-hydrogen) atoms. The third-order valence-corrected chi connectivity index (χ3v) is 10.0. The van der Waals surface area contributed by atoms with E-state index in [1.54, 1.807) is 0 Å². The van der Waals surface area contributed by atoms with Crippen molar-refractivity contribution in [2.75, 3.05) is 26.2 Å². The van der Waals surface area contributed by atoms with Gasteiger partial charge in [-0.2, -0.15) is 0 Å². The summed E-state index contributed by atoms with van der Waals surface area (Å²) in [4.78, 5) is 27.2. The molecule has 0 spiro atoms. The van der Waals surface area contributed by atoms with Crippen LogP contribution in [0.3, 0.4) is 0 Å².